The molecule has 1 saturated carbocycles. The number of hydrogen-bond donors (Lipinski definition) is 3. The quantitative estimate of drug-likeness (QED) is 0.467. The molecule has 2 aliphatic heterocycles. The van der Waals surface area contributed by atoms with Crippen molar-refractivity contribution in [2.24, 2.45) is 5.92 Å². The van der Waals surface area contributed by atoms with Crippen molar-refractivity contribution in [3.8, 4) is 5.75 Å². The third-order valence-corrected chi connectivity index (χ3v) is 7.62. The number of methoxy groups -OCH3 is 1. The highest BCUT2D eigenvalue weighted by Gasteiger charge is 2.48. The van der Waals surface area contributed by atoms with Crippen molar-refractivity contribution in [3.05, 3.63) is 30.0 Å². The summed E-state index contributed by atoms with van der Waals surface area (Å²) in [6.07, 6.45) is 3.68. The van der Waals surface area contributed by atoms with Crippen LogP contribution in [0.2, 0.25) is 0 Å². The Morgan fingerprint density at radius 1 is 1.23 bits per heavy atom. The largest absolute Gasteiger partial charge is 0.495 e. The van der Waals surface area contributed by atoms with Gasteiger partial charge in [-0.15, -0.1) is 0 Å². The number of nitrogens with one attached hydrogen (secondary N) is 2. The van der Waals surface area contributed by atoms with Crippen LogP contribution in [-0.2, 0) is 4.79 Å². The van der Waals surface area contributed by atoms with Crippen LogP contribution >= 0.6 is 0 Å². The highest BCUT2D eigenvalue weighted by atomic mass is 19.3. The van der Waals surface area contributed by atoms with E-state index in [4.69, 9.17) is 9.84 Å². The Morgan fingerprint density at radius 2 is 1.95 bits per heavy atom. The first-order valence-electron chi connectivity index (χ1n) is 13.1. The van der Waals surface area contributed by atoms with Crippen LogP contribution in [0.1, 0.15) is 36.0 Å². The van der Waals surface area contributed by atoms with E-state index in [1.165, 1.54) is 30.2 Å². The highest BCUT2D eigenvalue weighted by molar-refractivity contribution is 6.02. The number of carbonyl (C=O) groups is 3. The zero-order chi connectivity index (χ0) is 28.6. The maximum absolute atomic E-state index is 14.8. The summed E-state index contributed by atoms with van der Waals surface area (Å²) in [6, 6.07) is 4.59. The molecule has 1 aliphatic carbocycles. The first-order chi connectivity index (χ1) is 19.1. The first kappa shape index (κ1) is 27.3. The van der Waals surface area contributed by atoms with Crippen LogP contribution in [-0.4, -0.2) is 90.2 Å². The van der Waals surface area contributed by atoms with Gasteiger partial charge in [0.05, 0.1) is 25.5 Å². The van der Waals surface area contributed by atoms with E-state index in [0.29, 0.717) is 36.6 Å². The Morgan fingerprint density at radius 3 is 2.62 bits per heavy atom. The second kappa shape index (κ2) is 10.7. The van der Waals surface area contributed by atoms with E-state index < -0.39 is 24.5 Å². The molecular formula is C26H31F2N7O5. The number of rotatable bonds is 7. The average molecular weight is 560 g/mol. The van der Waals surface area contributed by atoms with E-state index in [9.17, 15) is 23.2 Å². The summed E-state index contributed by atoms with van der Waals surface area (Å²) in [5.74, 6) is -4.43. The molecule has 0 spiro atoms. The summed E-state index contributed by atoms with van der Waals surface area (Å²) in [6.45, 7) is 0.346. The minimum Gasteiger partial charge on any atom is -0.495 e. The number of ether oxygens (including phenoxy) is 1. The third-order valence-electron chi connectivity index (χ3n) is 7.62. The number of alkyl halides is 2. The van der Waals surface area contributed by atoms with Crippen molar-refractivity contribution < 1.29 is 33.0 Å². The number of carboxylic acid groups (broad SMARTS) is 1. The highest BCUT2D eigenvalue weighted by Crippen LogP contribution is 2.40. The van der Waals surface area contributed by atoms with Crippen molar-refractivity contribution in [2.75, 3.05) is 55.5 Å². The van der Waals surface area contributed by atoms with Gasteiger partial charge < -0.3 is 35.2 Å². The summed E-state index contributed by atoms with van der Waals surface area (Å²) in [5.41, 5.74) is 0.997. The van der Waals surface area contributed by atoms with Gasteiger partial charge in [-0.25, -0.2) is 9.78 Å². The van der Waals surface area contributed by atoms with Gasteiger partial charge in [0.15, 0.2) is 5.82 Å². The summed E-state index contributed by atoms with van der Waals surface area (Å²) < 4.78 is 35.1. The van der Waals surface area contributed by atoms with Crippen LogP contribution in [0, 0.1) is 5.92 Å². The molecule has 40 heavy (non-hydrogen) atoms. The molecule has 3 aliphatic rings. The van der Waals surface area contributed by atoms with Crippen molar-refractivity contribution in [1.82, 2.24) is 20.2 Å². The predicted octanol–water partition coefficient (Wildman–Crippen LogP) is 2.93. The van der Waals surface area contributed by atoms with Crippen molar-refractivity contribution in [2.45, 2.75) is 37.6 Å². The maximum atomic E-state index is 14.8. The lowest BCUT2D eigenvalue weighted by Gasteiger charge is -2.37. The minimum atomic E-state index is -3.57. The maximum Gasteiger partial charge on any atom is 0.407 e. The fraction of sp³-hybridized carbons (Fsp3) is 0.500. The predicted molar refractivity (Wildman–Crippen MR) is 142 cm³/mol. The molecule has 5 rings (SSSR count). The number of amides is 3. The monoisotopic (exact) mass is 559 g/mol. The smallest absolute Gasteiger partial charge is 0.407 e. The van der Waals surface area contributed by atoms with Gasteiger partial charge in [0.1, 0.15) is 11.4 Å². The van der Waals surface area contributed by atoms with Crippen molar-refractivity contribution in [3.63, 3.8) is 0 Å². The Kier molecular flexibility index (Phi) is 7.34. The zero-order valence-electron chi connectivity index (χ0n) is 22.2. The van der Waals surface area contributed by atoms with Crippen LogP contribution in [0.25, 0.3) is 0 Å². The van der Waals surface area contributed by atoms with Gasteiger partial charge >= 0.3 is 12.0 Å². The van der Waals surface area contributed by atoms with Crippen LogP contribution < -0.4 is 25.2 Å². The van der Waals surface area contributed by atoms with Gasteiger partial charge in [0, 0.05) is 44.2 Å². The number of nitrogens with zero attached hydrogens (tertiary/aromatic N) is 5. The number of carbonyl (C=O) groups excluding carboxylic acids is 2. The van der Waals surface area contributed by atoms with Crippen molar-refractivity contribution in [1.29, 1.82) is 0 Å². The molecule has 0 atom stereocenters. The Hall–Kier alpha value is -4.23. The number of aromatic nitrogens is 2. The fourth-order valence-electron chi connectivity index (χ4n) is 5.35. The van der Waals surface area contributed by atoms with E-state index in [2.05, 4.69) is 20.6 Å². The van der Waals surface area contributed by atoms with Gasteiger partial charge in [-0.05, 0) is 31.0 Å². The molecule has 0 radical (unpaired) electrons. The molecule has 2 fully saturated rings. The summed E-state index contributed by atoms with van der Waals surface area (Å²) in [4.78, 5) is 48.6. The molecule has 14 heteroatoms. The lowest BCUT2D eigenvalue weighted by molar-refractivity contribution is -0.140. The second-order valence-electron chi connectivity index (χ2n) is 10.3. The van der Waals surface area contributed by atoms with Crippen LogP contribution in [0.4, 0.5) is 36.7 Å². The van der Waals surface area contributed by atoms with E-state index in [0.717, 1.165) is 30.6 Å². The molecule has 1 aromatic carbocycles. The Balaban J connectivity index is 1.34. The molecule has 2 aromatic rings. The summed E-state index contributed by atoms with van der Waals surface area (Å²) >= 11 is 0. The Bertz CT molecular complexity index is 1310. The number of halogens is 2. The molecule has 3 N–H and O–H groups in total. The number of fused-ring (bicyclic) bond motifs is 1. The van der Waals surface area contributed by atoms with Gasteiger partial charge in [-0.1, -0.05) is 12.8 Å². The first-order valence-corrected chi connectivity index (χ1v) is 13.1. The lowest BCUT2D eigenvalue weighted by atomic mass is 10.0. The second-order valence-corrected chi connectivity index (χ2v) is 10.3. The SMILES string of the molecule is COc1cc(C(=O)NCC2CN(C(=O)O)C2)ccc1Nc1ncc2c(n1)N(C1CCCC1)CC(F)(F)C(=O)N2C. The summed E-state index contributed by atoms with van der Waals surface area (Å²) in [5, 5.41) is 14.8. The van der Waals surface area contributed by atoms with Crippen molar-refractivity contribution >= 4 is 41.0 Å². The standard InChI is InChI=1S/C26H31F2N7O5/c1-33-19-11-30-24(32-21(19)35(17-5-3-4-6-17)14-26(27,28)23(33)37)31-18-8-7-16(9-20(18)40-2)22(36)29-10-15-12-34(13-15)25(38)39/h7-9,11,15,17H,3-6,10,12-14H2,1-2H3,(H,29,36)(H,38,39)(H,30,31,32). The van der Waals surface area contributed by atoms with Crippen LogP contribution in [0.15, 0.2) is 24.4 Å². The molecule has 214 valence electrons. The fourth-order valence-corrected chi connectivity index (χ4v) is 5.35. The van der Waals surface area contributed by atoms with E-state index in [1.807, 2.05) is 0 Å². The molecule has 3 amide bonds. The van der Waals surface area contributed by atoms with E-state index in [-0.39, 0.29) is 35.3 Å². The topological polar surface area (TPSA) is 140 Å². The molecule has 12 nitrogen and oxygen atoms in total. The number of likely N-dealkylation sites (tertiary alicyclic amines) is 1. The molecule has 1 saturated heterocycles. The summed E-state index contributed by atoms with van der Waals surface area (Å²) in [7, 11) is 2.74. The van der Waals surface area contributed by atoms with Gasteiger partial charge in [-0.2, -0.15) is 13.8 Å². The molecule has 3 heterocycles. The Labute approximate surface area is 229 Å². The normalized spacial score (nSPS) is 19.1. The van der Waals surface area contributed by atoms with Gasteiger partial charge in [0.25, 0.3) is 11.8 Å². The molecule has 1 aromatic heterocycles. The molecule has 0 bridgehead atoms. The number of anilines is 4. The van der Waals surface area contributed by atoms with Gasteiger partial charge in [0.2, 0.25) is 5.95 Å². The minimum absolute atomic E-state index is 0.0614. The van der Waals surface area contributed by atoms with E-state index in [1.54, 1.807) is 18.2 Å². The number of benzene rings is 1. The van der Waals surface area contributed by atoms with Crippen LogP contribution in [0.3, 0.4) is 0 Å². The number of hydrogen-bond acceptors (Lipinski definition) is 8. The average Bonchev–Trinajstić information content (AvgIpc) is 3.42. The third kappa shape index (κ3) is 5.29. The zero-order valence-corrected chi connectivity index (χ0v) is 22.2. The lowest BCUT2D eigenvalue weighted by Crippen LogP contribution is -2.53. The molecular weight excluding hydrogens is 528 g/mol. The van der Waals surface area contributed by atoms with E-state index >= 15 is 0 Å². The van der Waals surface area contributed by atoms with Crippen LogP contribution in [0.5, 0.6) is 5.75 Å². The molecule has 0 unspecified atom stereocenters. The van der Waals surface area contributed by atoms with Gasteiger partial charge in [-0.3, -0.25) is 9.59 Å².